The second-order valence-electron chi connectivity index (χ2n) is 11.0. The van der Waals surface area contributed by atoms with E-state index in [2.05, 4.69) is 5.32 Å². The van der Waals surface area contributed by atoms with E-state index < -0.39 is 21.5 Å². The number of benzene rings is 4. The summed E-state index contributed by atoms with van der Waals surface area (Å²) in [6, 6.07) is 19.4. The molecular weight excluding hydrogens is 571 g/mol. The summed E-state index contributed by atoms with van der Waals surface area (Å²) in [6.45, 7) is 7.14. The highest BCUT2D eigenvalue weighted by Crippen LogP contribution is 2.45. The maximum atomic E-state index is 14.1. The molecule has 224 valence electrons. The molecule has 0 spiro atoms. The van der Waals surface area contributed by atoms with Gasteiger partial charge in [0.1, 0.15) is 40.1 Å². The fraction of sp³-hybridized carbons (Fsp3) is 0.242. The minimum absolute atomic E-state index is 0.00555. The number of aryl methyl sites for hydroxylation is 2. The van der Waals surface area contributed by atoms with Crippen molar-refractivity contribution in [2.75, 3.05) is 24.4 Å². The molecule has 8 nitrogen and oxygen atoms in total. The van der Waals surface area contributed by atoms with E-state index in [0.717, 1.165) is 11.3 Å². The highest BCUT2D eigenvalue weighted by atomic mass is 32.2. The number of amides is 1. The lowest BCUT2D eigenvalue weighted by atomic mass is 9.91. The molecule has 0 radical (unpaired) electrons. The number of halogens is 1. The molecule has 5 rings (SSSR count). The number of nitrogens with one attached hydrogen (secondary N) is 1. The molecule has 1 aliphatic rings. The van der Waals surface area contributed by atoms with Crippen molar-refractivity contribution in [3.8, 4) is 28.4 Å². The van der Waals surface area contributed by atoms with Crippen LogP contribution in [0.2, 0.25) is 0 Å². The van der Waals surface area contributed by atoms with E-state index >= 15 is 0 Å². The number of methoxy groups -OCH3 is 1. The molecular formula is C33H33FN2O6S. The smallest absolute Gasteiger partial charge is 0.339 e. The normalized spacial score (nSPS) is 14.1. The van der Waals surface area contributed by atoms with Crippen LogP contribution < -0.4 is 23.9 Å². The summed E-state index contributed by atoms with van der Waals surface area (Å²) in [5, 5.41) is 3.31. The Labute approximate surface area is 251 Å². The molecule has 0 aliphatic carbocycles. The van der Waals surface area contributed by atoms with Crippen molar-refractivity contribution in [2.24, 2.45) is 0 Å². The minimum atomic E-state index is -4.10. The summed E-state index contributed by atoms with van der Waals surface area (Å²) in [6.07, 6.45) is 0. The predicted octanol–water partition coefficient (Wildman–Crippen LogP) is 6.63. The third-order valence-corrected chi connectivity index (χ3v) is 8.87. The van der Waals surface area contributed by atoms with Crippen LogP contribution in [0.1, 0.15) is 30.5 Å². The Bertz CT molecular complexity index is 1840. The molecule has 1 N–H and O–H groups in total. The first-order valence-corrected chi connectivity index (χ1v) is 15.0. The summed E-state index contributed by atoms with van der Waals surface area (Å²) < 4.78 is 57.4. The molecule has 0 aromatic heterocycles. The first kappa shape index (κ1) is 29.9. The molecule has 1 amide bonds. The van der Waals surface area contributed by atoms with Crippen molar-refractivity contribution in [3.05, 3.63) is 95.3 Å². The highest BCUT2D eigenvalue weighted by Gasteiger charge is 2.39. The Morgan fingerprint density at radius 3 is 2.35 bits per heavy atom. The molecule has 0 fully saturated rings. The molecule has 1 heterocycles. The van der Waals surface area contributed by atoms with E-state index in [1.807, 2.05) is 32.9 Å². The van der Waals surface area contributed by atoms with Crippen LogP contribution in [0.5, 0.6) is 17.2 Å². The molecule has 4 aromatic carbocycles. The van der Waals surface area contributed by atoms with Crippen LogP contribution in [-0.2, 0) is 21.5 Å². The van der Waals surface area contributed by atoms with Gasteiger partial charge in [-0.05, 0) is 74.7 Å². The summed E-state index contributed by atoms with van der Waals surface area (Å²) in [5.74, 6) is 0.227. The first-order chi connectivity index (χ1) is 20.3. The Morgan fingerprint density at radius 2 is 1.63 bits per heavy atom. The van der Waals surface area contributed by atoms with Crippen molar-refractivity contribution in [1.82, 2.24) is 0 Å². The van der Waals surface area contributed by atoms with E-state index in [4.69, 9.17) is 13.7 Å². The zero-order valence-corrected chi connectivity index (χ0v) is 25.6. The van der Waals surface area contributed by atoms with Crippen LogP contribution in [0.4, 0.5) is 15.8 Å². The lowest BCUT2D eigenvalue weighted by Crippen LogP contribution is -2.52. The zero-order valence-electron chi connectivity index (χ0n) is 24.8. The van der Waals surface area contributed by atoms with Gasteiger partial charge in [0.25, 0.3) is 5.91 Å². The van der Waals surface area contributed by atoms with Crippen LogP contribution in [-0.4, -0.2) is 34.0 Å². The molecule has 0 saturated heterocycles. The number of ether oxygens (including phenoxy) is 2. The molecule has 0 atom stereocenters. The van der Waals surface area contributed by atoms with Crippen molar-refractivity contribution in [1.29, 1.82) is 0 Å². The van der Waals surface area contributed by atoms with Gasteiger partial charge in [-0.25, -0.2) is 4.39 Å². The second-order valence-corrected chi connectivity index (χ2v) is 12.5. The molecule has 1 aliphatic heterocycles. The van der Waals surface area contributed by atoms with Gasteiger partial charge < -0.3 is 23.9 Å². The van der Waals surface area contributed by atoms with E-state index in [-0.39, 0.29) is 23.2 Å². The number of hydrogen-bond donors (Lipinski definition) is 1. The average Bonchev–Trinajstić information content (AvgIpc) is 2.96. The summed E-state index contributed by atoms with van der Waals surface area (Å²) in [5.41, 5.74) is 3.78. The number of fused-ring (bicyclic) bond motifs is 1. The van der Waals surface area contributed by atoms with E-state index in [0.29, 0.717) is 39.4 Å². The van der Waals surface area contributed by atoms with Gasteiger partial charge in [0, 0.05) is 30.3 Å². The fourth-order valence-corrected chi connectivity index (χ4v) is 6.42. The van der Waals surface area contributed by atoms with Crippen LogP contribution in [0, 0.1) is 19.7 Å². The van der Waals surface area contributed by atoms with E-state index in [1.165, 1.54) is 31.4 Å². The molecule has 43 heavy (non-hydrogen) atoms. The molecule has 0 saturated carbocycles. The fourth-order valence-electron chi connectivity index (χ4n) is 5.26. The maximum absolute atomic E-state index is 14.1. The monoisotopic (exact) mass is 604 g/mol. The second kappa shape index (κ2) is 11.3. The van der Waals surface area contributed by atoms with Gasteiger partial charge in [-0.15, -0.1) is 0 Å². The third kappa shape index (κ3) is 5.75. The Hall–Kier alpha value is -4.57. The number of nitrogens with zero attached hydrogens (tertiary/aromatic N) is 1. The maximum Gasteiger partial charge on any atom is 0.339 e. The van der Waals surface area contributed by atoms with Crippen molar-refractivity contribution in [2.45, 2.75) is 44.7 Å². The van der Waals surface area contributed by atoms with Crippen LogP contribution in [0.25, 0.3) is 11.1 Å². The number of hydrogen-bond acceptors (Lipinski definition) is 7. The van der Waals surface area contributed by atoms with Gasteiger partial charge in [-0.2, -0.15) is 8.42 Å². The Balaban J connectivity index is 1.60. The first-order valence-electron chi connectivity index (χ1n) is 13.6. The Morgan fingerprint density at radius 1 is 0.907 bits per heavy atom. The quantitative estimate of drug-likeness (QED) is 0.226. The standard InChI is InChI=1S/C33H33FN2O6S/c1-20-11-12-22(34)17-28(20)41-19-26-24(15-16-27-31(26)36(5)32(37)33(3,4)35-27)25-14-13-23(18-29(25)40-6)42-43(38,39)30-10-8-7-9-21(30)2/h7-18,35H,19H2,1-6H3. The van der Waals surface area contributed by atoms with Gasteiger partial charge in [0.2, 0.25) is 0 Å². The van der Waals surface area contributed by atoms with Crippen molar-refractivity contribution < 1.29 is 31.3 Å². The zero-order chi connectivity index (χ0) is 31.1. The van der Waals surface area contributed by atoms with Gasteiger partial charge >= 0.3 is 10.1 Å². The lowest BCUT2D eigenvalue weighted by Gasteiger charge is -2.39. The number of carbonyl (C=O) groups is 1. The number of anilines is 2. The Kier molecular flexibility index (Phi) is 7.83. The summed E-state index contributed by atoms with van der Waals surface area (Å²) in [4.78, 5) is 15.0. The van der Waals surface area contributed by atoms with Crippen molar-refractivity contribution in [3.63, 3.8) is 0 Å². The van der Waals surface area contributed by atoms with Gasteiger partial charge in [-0.3, -0.25) is 4.79 Å². The summed E-state index contributed by atoms with van der Waals surface area (Å²) >= 11 is 0. The van der Waals surface area contributed by atoms with Gasteiger partial charge in [-0.1, -0.05) is 30.3 Å². The topological polar surface area (TPSA) is 94.2 Å². The molecule has 10 heteroatoms. The number of carbonyl (C=O) groups excluding carboxylic acids is 1. The van der Waals surface area contributed by atoms with Gasteiger partial charge in [0.15, 0.2) is 0 Å². The van der Waals surface area contributed by atoms with E-state index in [1.54, 1.807) is 55.3 Å². The molecule has 4 aromatic rings. The highest BCUT2D eigenvalue weighted by molar-refractivity contribution is 7.87. The summed E-state index contributed by atoms with van der Waals surface area (Å²) in [7, 11) is -0.918. The number of rotatable bonds is 8. The molecule has 0 unspecified atom stereocenters. The van der Waals surface area contributed by atoms with Gasteiger partial charge in [0.05, 0.1) is 18.5 Å². The van der Waals surface area contributed by atoms with Crippen LogP contribution >= 0.6 is 0 Å². The predicted molar refractivity (Wildman–Crippen MR) is 164 cm³/mol. The lowest BCUT2D eigenvalue weighted by molar-refractivity contribution is -0.121. The minimum Gasteiger partial charge on any atom is -0.496 e. The average molecular weight is 605 g/mol. The largest absolute Gasteiger partial charge is 0.496 e. The van der Waals surface area contributed by atoms with Crippen LogP contribution in [0.3, 0.4) is 0 Å². The number of likely N-dealkylation sites (N-methyl/N-ethyl adjacent to an activating group) is 1. The molecule has 0 bridgehead atoms. The van der Waals surface area contributed by atoms with E-state index in [9.17, 15) is 17.6 Å². The van der Waals surface area contributed by atoms with Crippen molar-refractivity contribution >= 4 is 27.4 Å². The van der Waals surface area contributed by atoms with Crippen LogP contribution in [0.15, 0.2) is 77.7 Å². The SMILES string of the molecule is COc1cc(OS(=O)(=O)c2ccccc2C)ccc1-c1ccc2c(c1COc1cc(F)ccc1C)N(C)C(=O)C(C)(C)N2. The third-order valence-electron chi connectivity index (χ3n) is 7.46.